The summed E-state index contributed by atoms with van der Waals surface area (Å²) in [4.78, 5) is 10.9. The highest BCUT2D eigenvalue weighted by atomic mass is 16.1. The number of hydrogen-bond donors (Lipinski definition) is 0. The molecule has 17 heavy (non-hydrogen) atoms. The Hall–Kier alpha value is -0.590. The van der Waals surface area contributed by atoms with E-state index in [4.69, 9.17) is 0 Å². The molecule has 0 radical (unpaired) electrons. The Balaban J connectivity index is 3.49. The quantitative estimate of drug-likeness (QED) is 0.256. The van der Waals surface area contributed by atoms with E-state index in [1.165, 1.54) is 51.4 Å². The van der Waals surface area contributed by atoms with Crippen LogP contribution in [0.25, 0.3) is 0 Å². The van der Waals surface area contributed by atoms with Crippen LogP contribution in [0.15, 0.2) is 12.2 Å². The van der Waals surface area contributed by atoms with Crippen LogP contribution in [0.2, 0.25) is 0 Å². The van der Waals surface area contributed by atoms with Gasteiger partial charge in [-0.3, -0.25) is 0 Å². The summed E-state index contributed by atoms with van der Waals surface area (Å²) >= 11 is 0. The summed E-state index contributed by atoms with van der Waals surface area (Å²) < 4.78 is 0. The first kappa shape index (κ1) is 16.4. The van der Waals surface area contributed by atoms with E-state index in [1.807, 2.05) is 0 Å². The number of aldehydes is 1. The van der Waals surface area contributed by atoms with Crippen molar-refractivity contribution in [2.75, 3.05) is 0 Å². The predicted molar refractivity (Wildman–Crippen MR) is 76.2 cm³/mol. The largest absolute Gasteiger partial charge is 0.303 e. The van der Waals surface area contributed by atoms with Crippen molar-refractivity contribution in [3.63, 3.8) is 0 Å². The van der Waals surface area contributed by atoms with E-state index in [2.05, 4.69) is 26.0 Å². The third-order valence-electron chi connectivity index (χ3n) is 3.20. The number of allylic oxidation sites excluding steroid dienone is 2. The first-order chi connectivity index (χ1) is 8.35. The van der Waals surface area contributed by atoms with Crippen molar-refractivity contribution in [2.24, 2.45) is 5.92 Å². The molecule has 0 aromatic carbocycles. The second kappa shape index (κ2) is 13.5. The van der Waals surface area contributed by atoms with E-state index in [-0.39, 0.29) is 5.92 Å². The van der Waals surface area contributed by atoms with Gasteiger partial charge in [-0.15, -0.1) is 0 Å². The van der Waals surface area contributed by atoms with Gasteiger partial charge in [-0.1, -0.05) is 64.5 Å². The van der Waals surface area contributed by atoms with E-state index in [9.17, 15) is 4.79 Å². The predicted octanol–water partition coefficient (Wildman–Crippen LogP) is 5.30. The molecule has 0 saturated carbocycles. The van der Waals surface area contributed by atoms with Gasteiger partial charge < -0.3 is 4.79 Å². The van der Waals surface area contributed by atoms with Crippen LogP contribution < -0.4 is 0 Å². The van der Waals surface area contributed by atoms with Crippen LogP contribution in [0.1, 0.15) is 78.1 Å². The average molecular weight is 238 g/mol. The maximum atomic E-state index is 10.9. The lowest BCUT2D eigenvalue weighted by atomic mass is 9.98. The molecule has 0 fully saturated rings. The summed E-state index contributed by atoms with van der Waals surface area (Å²) in [5, 5.41) is 0. The highest BCUT2D eigenvalue weighted by Gasteiger charge is 2.04. The van der Waals surface area contributed by atoms with Crippen LogP contribution in [0.3, 0.4) is 0 Å². The number of carbonyl (C=O) groups is 1. The molecule has 1 atom stereocenters. The van der Waals surface area contributed by atoms with E-state index in [0.717, 1.165) is 19.1 Å². The Kier molecular flexibility index (Phi) is 13.0. The molecule has 0 aromatic heterocycles. The fourth-order valence-corrected chi connectivity index (χ4v) is 1.98. The minimum absolute atomic E-state index is 0.259. The second-order valence-electron chi connectivity index (χ2n) is 4.95. The summed E-state index contributed by atoms with van der Waals surface area (Å²) in [5.41, 5.74) is 0. The van der Waals surface area contributed by atoms with Crippen LogP contribution in [-0.4, -0.2) is 6.29 Å². The van der Waals surface area contributed by atoms with Crippen LogP contribution in [0.5, 0.6) is 0 Å². The lowest BCUT2D eigenvalue weighted by Crippen LogP contribution is -2.00. The number of carbonyl (C=O) groups excluding carboxylic acids is 1. The maximum absolute atomic E-state index is 10.9. The molecular weight excluding hydrogens is 208 g/mol. The molecule has 0 aliphatic rings. The van der Waals surface area contributed by atoms with Gasteiger partial charge in [0.1, 0.15) is 6.29 Å². The third kappa shape index (κ3) is 11.7. The highest BCUT2D eigenvalue weighted by molar-refractivity contribution is 5.53. The van der Waals surface area contributed by atoms with Gasteiger partial charge in [-0.25, -0.2) is 0 Å². The lowest BCUT2D eigenvalue weighted by Gasteiger charge is -2.06. The topological polar surface area (TPSA) is 17.1 Å². The summed E-state index contributed by atoms with van der Waals surface area (Å²) in [6, 6.07) is 0. The monoisotopic (exact) mass is 238 g/mol. The molecule has 0 heterocycles. The first-order valence-electron chi connectivity index (χ1n) is 7.45. The number of unbranched alkanes of at least 4 members (excludes halogenated alkanes) is 6. The molecule has 0 saturated heterocycles. The third-order valence-corrected chi connectivity index (χ3v) is 3.20. The molecule has 0 amide bonds. The van der Waals surface area contributed by atoms with Gasteiger partial charge in [0.2, 0.25) is 0 Å². The van der Waals surface area contributed by atoms with Gasteiger partial charge in [-0.05, 0) is 25.7 Å². The molecule has 1 heteroatoms. The molecule has 100 valence electrons. The van der Waals surface area contributed by atoms with Crippen molar-refractivity contribution in [1.29, 1.82) is 0 Å². The fourth-order valence-electron chi connectivity index (χ4n) is 1.98. The number of rotatable bonds is 12. The molecule has 0 aromatic rings. The minimum Gasteiger partial charge on any atom is -0.303 e. The Morgan fingerprint density at radius 1 is 0.882 bits per heavy atom. The summed E-state index contributed by atoms with van der Waals surface area (Å²) in [6.07, 6.45) is 17.7. The zero-order valence-electron chi connectivity index (χ0n) is 11.8. The molecule has 0 aliphatic heterocycles. The summed E-state index contributed by atoms with van der Waals surface area (Å²) in [6.45, 7) is 4.44. The van der Waals surface area contributed by atoms with Crippen LogP contribution in [-0.2, 0) is 4.79 Å². The van der Waals surface area contributed by atoms with Gasteiger partial charge in [0.25, 0.3) is 0 Å². The van der Waals surface area contributed by atoms with Gasteiger partial charge >= 0.3 is 0 Å². The zero-order valence-corrected chi connectivity index (χ0v) is 11.8. The van der Waals surface area contributed by atoms with E-state index >= 15 is 0 Å². The Morgan fingerprint density at radius 3 is 2.24 bits per heavy atom. The maximum Gasteiger partial charge on any atom is 0.123 e. The molecule has 1 nitrogen and oxygen atoms in total. The van der Waals surface area contributed by atoms with Gasteiger partial charge in [0.05, 0.1) is 0 Å². The summed E-state index contributed by atoms with van der Waals surface area (Å²) in [5.74, 6) is 0.259. The molecule has 1 unspecified atom stereocenters. The minimum atomic E-state index is 0.259. The Labute approximate surface area is 108 Å². The van der Waals surface area contributed by atoms with Crippen LogP contribution in [0.4, 0.5) is 0 Å². The number of hydrogen-bond acceptors (Lipinski definition) is 1. The van der Waals surface area contributed by atoms with Crippen molar-refractivity contribution in [1.82, 2.24) is 0 Å². The van der Waals surface area contributed by atoms with Crippen molar-refractivity contribution in [3.8, 4) is 0 Å². The van der Waals surface area contributed by atoms with E-state index in [0.29, 0.717) is 0 Å². The van der Waals surface area contributed by atoms with Crippen LogP contribution >= 0.6 is 0 Å². The van der Waals surface area contributed by atoms with Crippen molar-refractivity contribution >= 4 is 6.29 Å². The Morgan fingerprint density at radius 2 is 1.59 bits per heavy atom. The van der Waals surface area contributed by atoms with Gasteiger partial charge in [0.15, 0.2) is 0 Å². The summed E-state index contributed by atoms with van der Waals surface area (Å²) in [7, 11) is 0. The highest BCUT2D eigenvalue weighted by Crippen LogP contribution is 2.13. The molecular formula is C16H30O. The smallest absolute Gasteiger partial charge is 0.123 e. The van der Waals surface area contributed by atoms with Gasteiger partial charge in [0, 0.05) is 5.92 Å². The lowest BCUT2D eigenvalue weighted by molar-refractivity contribution is -0.111. The standard InChI is InChI=1S/C16H30O/c1-3-5-7-9-10-12-14-16(15-17)13-11-8-6-4-2/h10,12,15-16H,3-9,11,13-14H2,1-2H3/b12-10+. The normalized spacial score (nSPS) is 13.1. The second-order valence-corrected chi connectivity index (χ2v) is 4.95. The zero-order chi connectivity index (χ0) is 12.8. The first-order valence-corrected chi connectivity index (χ1v) is 7.45. The van der Waals surface area contributed by atoms with Crippen molar-refractivity contribution in [3.05, 3.63) is 12.2 Å². The van der Waals surface area contributed by atoms with Crippen molar-refractivity contribution in [2.45, 2.75) is 78.1 Å². The van der Waals surface area contributed by atoms with E-state index in [1.54, 1.807) is 0 Å². The van der Waals surface area contributed by atoms with Crippen LogP contribution in [0, 0.1) is 5.92 Å². The molecule has 0 N–H and O–H groups in total. The molecule has 0 spiro atoms. The molecule has 0 aliphatic carbocycles. The molecule has 0 rings (SSSR count). The Bertz CT molecular complexity index is 184. The molecule has 0 bridgehead atoms. The van der Waals surface area contributed by atoms with Gasteiger partial charge in [-0.2, -0.15) is 0 Å². The average Bonchev–Trinajstić information content (AvgIpc) is 2.36. The van der Waals surface area contributed by atoms with Crippen molar-refractivity contribution < 1.29 is 4.79 Å². The van der Waals surface area contributed by atoms with E-state index < -0.39 is 0 Å². The SMILES string of the molecule is CCCCC/C=C/CC(C=O)CCCCCC. The fraction of sp³-hybridized carbons (Fsp3) is 0.812.